The molecule has 0 aromatic heterocycles. The average Bonchev–Trinajstić information content (AvgIpc) is 3.26. The lowest BCUT2D eigenvalue weighted by Gasteiger charge is -2.49. The van der Waals surface area contributed by atoms with Crippen molar-refractivity contribution in [3.05, 3.63) is 58.1 Å². The van der Waals surface area contributed by atoms with Crippen LogP contribution in [0.3, 0.4) is 0 Å². The first kappa shape index (κ1) is 37.0. The highest BCUT2D eigenvalue weighted by Gasteiger charge is 2.47. The number of halogens is 1. The summed E-state index contributed by atoms with van der Waals surface area (Å²) in [7, 11) is -3.91. The third kappa shape index (κ3) is 7.42. The first-order chi connectivity index (χ1) is 24.5. The van der Waals surface area contributed by atoms with Gasteiger partial charge in [-0.3, -0.25) is 9.69 Å². The van der Waals surface area contributed by atoms with Crippen molar-refractivity contribution in [2.24, 2.45) is 23.7 Å². The van der Waals surface area contributed by atoms with Gasteiger partial charge in [0.2, 0.25) is 10.0 Å². The van der Waals surface area contributed by atoms with E-state index in [2.05, 4.69) is 40.5 Å². The van der Waals surface area contributed by atoms with Gasteiger partial charge in [0, 0.05) is 35.0 Å². The Morgan fingerprint density at radius 3 is 2.49 bits per heavy atom. The Morgan fingerprint density at radius 1 is 0.980 bits per heavy atom. The number of aryl methyl sites for hydroxylation is 1. The second-order valence-electron chi connectivity index (χ2n) is 16.0. The van der Waals surface area contributed by atoms with Crippen LogP contribution in [0.15, 0.2) is 36.4 Å². The lowest BCUT2D eigenvalue weighted by molar-refractivity contribution is -0.243. The van der Waals surface area contributed by atoms with Crippen molar-refractivity contribution in [2.75, 3.05) is 50.9 Å². The van der Waals surface area contributed by atoms with Crippen molar-refractivity contribution < 1.29 is 27.4 Å². The third-order valence-electron chi connectivity index (χ3n) is 13.1. The Labute approximate surface area is 309 Å². The van der Waals surface area contributed by atoms with Gasteiger partial charge in [-0.25, -0.2) is 13.1 Å². The molecule has 1 saturated carbocycles. The van der Waals surface area contributed by atoms with Crippen molar-refractivity contribution in [3.63, 3.8) is 0 Å². The number of hydrogen-bond donors (Lipinski definition) is 1. The lowest BCUT2D eigenvalue weighted by atomic mass is 9.64. The molecule has 0 radical (unpaired) electrons. The Bertz CT molecular complexity index is 1680. The van der Waals surface area contributed by atoms with E-state index in [9.17, 15) is 13.2 Å². The fraction of sp³-hybridized carbons (Fsp3) is 0.675. The molecule has 6 atom stereocenters. The SMILES string of the molecule is CCN(CC)C1COC([C@H]2CCC[C@H](C)[C@@H](C)S(=O)(=O)NC(=O)c3ccc4c(c3)N(C[C@@H]3CC[C@H]32)C[C@@]2(CCCc3cc(Cl)ccc32)CO4)OC1. The van der Waals surface area contributed by atoms with Crippen LogP contribution in [0.1, 0.15) is 94.1 Å². The highest BCUT2D eigenvalue weighted by molar-refractivity contribution is 7.90. The van der Waals surface area contributed by atoms with Crippen molar-refractivity contribution in [3.8, 4) is 5.75 Å². The molecule has 0 unspecified atom stereocenters. The predicted octanol–water partition coefficient (Wildman–Crippen LogP) is 6.81. The van der Waals surface area contributed by atoms with Crippen LogP contribution < -0.4 is 14.4 Å². The molecule has 1 N–H and O–H groups in total. The fourth-order valence-electron chi connectivity index (χ4n) is 9.68. The van der Waals surface area contributed by atoms with Crippen LogP contribution in [0.25, 0.3) is 0 Å². The van der Waals surface area contributed by atoms with Gasteiger partial charge in [-0.2, -0.15) is 0 Å². The molecule has 1 spiro atoms. The van der Waals surface area contributed by atoms with Gasteiger partial charge in [0.1, 0.15) is 5.75 Å². The summed E-state index contributed by atoms with van der Waals surface area (Å²) in [6, 6.07) is 11.9. The molecule has 2 aliphatic carbocycles. The number of fused-ring (bicyclic) bond motifs is 4. The molecule has 51 heavy (non-hydrogen) atoms. The molecule has 280 valence electrons. The summed E-state index contributed by atoms with van der Waals surface area (Å²) in [5.74, 6) is 1.05. The summed E-state index contributed by atoms with van der Waals surface area (Å²) in [6.07, 6.45) is 7.51. The number of carbonyl (C=O) groups is 1. The molecule has 2 aromatic carbocycles. The van der Waals surface area contributed by atoms with E-state index < -0.39 is 21.2 Å². The van der Waals surface area contributed by atoms with Crippen LogP contribution >= 0.6 is 11.6 Å². The normalized spacial score (nSPS) is 34.0. The molecule has 1 saturated heterocycles. The quantitative estimate of drug-likeness (QED) is 0.366. The maximum atomic E-state index is 13.6. The minimum atomic E-state index is -3.91. The van der Waals surface area contributed by atoms with E-state index in [1.165, 1.54) is 11.1 Å². The van der Waals surface area contributed by atoms with Crippen LogP contribution in [-0.2, 0) is 31.3 Å². The second kappa shape index (κ2) is 15.2. The average molecular weight is 742 g/mol. The number of sulfonamides is 1. The van der Waals surface area contributed by atoms with Crippen LogP contribution in [0.4, 0.5) is 5.69 Å². The molecule has 9 nitrogen and oxygen atoms in total. The first-order valence-corrected chi connectivity index (χ1v) is 21.3. The molecule has 5 aliphatic rings. The number of amides is 1. The Balaban J connectivity index is 1.25. The lowest BCUT2D eigenvalue weighted by Crippen LogP contribution is -2.53. The predicted molar refractivity (Wildman–Crippen MR) is 201 cm³/mol. The Kier molecular flexibility index (Phi) is 11.0. The number of likely N-dealkylation sites (N-methyl/N-ethyl adjacent to an activating group) is 1. The summed E-state index contributed by atoms with van der Waals surface area (Å²) < 4.78 is 49.4. The summed E-state index contributed by atoms with van der Waals surface area (Å²) in [5, 5.41) is 0.0311. The molecule has 2 fully saturated rings. The maximum Gasteiger partial charge on any atom is 0.264 e. The minimum absolute atomic E-state index is 0.123. The monoisotopic (exact) mass is 741 g/mol. The zero-order valence-electron chi connectivity index (χ0n) is 30.7. The summed E-state index contributed by atoms with van der Waals surface area (Å²) >= 11 is 6.49. The summed E-state index contributed by atoms with van der Waals surface area (Å²) in [6.45, 7) is 13.4. The van der Waals surface area contributed by atoms with E-state index >= 15 is 0 Å². The van der Waals surface area contributed by atoms with Crippen LogP contribution in [0.2, 0.25) is 5.02 Å². The number of benzene rings is 2. The number of rotatable bonds is 4. The highest BCUT2D eigenvalue weighted by atomic mass is 35.5. The summed E-state index contributed by atoms with van der Waals surface area (Å²) in [4.78, 5) is 18.4. The smallest absolute Gasteiger partial charge is 0.264 e. The molecular formula is C40H56ClN3O6S. The molecule has 2 aromatic rings. The number of hydrogen-bond acceptors (Lipinski definition) is 8. The van der Waals surface area contributed by atoms with Gasteiger partial charge >= 0.3 is 0 Å². The van der Waals surface area contributed by atoms with Gasteiger partial charge in [-0.1, -0.05) is 44.9 Å². The van der Waals surface area contributed by atoms with E-state index in [0.29, 0.717) is 37.2 Å². The largest absolute Gasteiger partial charge is 0.490 e. The highest BCUT2D eigenvalue weighted by Crippen LogP contribution is 2.49. The number of anilines is 1. The van der Waals surface area contributed by atoms with E-state index in [1.54, 1.807) is 13.0 Å². The van der Waals surface area contributed by atoms with Crippen molar-refractivity contribution in [1.29, 1.82) is 0 Å². The van der Waals surface area contributed by atoms with Gasteiger partial charge < -0.3 is 19.1 Å². The fourth-order valence-corrected chi connectivity index (χ4v) is 11.2. The third-order valence-corrected chi connectivity index (χ3v) is 15.2. The minimum Gasteiger partial charge on any atom is -0.490 e. The molecular weight excluding hydrogens is 686 g/mol. The van der Waals surface area contributed by atoms with Crippen LogP contribution in [-0.4, -0.2) is 82.8 Å². The van der Waals surface area contributed by atoms with E-state index in [4.69, 9.17) is 25.8 Å². The molecule has 2 bridgehead atoms. The zero-order valence-corrected chi connectivity index (χ0v) is 32.3. The van der Waals surface area contributed by atoms with Gasteiger partial charge in [0.25, 0.3) is 5.91 Å². The number of ether oxygens (including phenoxy) is 3. The van der Waals surface area contributed by atoms with Gasteiger partial charge in [-0.05, 0) is 124 Å². The van der Waals surface area contributed by atoms with E-state index in [0.717, 1.165) is 94.0 Å². The van der Waals surface area contributed by atoms with Gasteiger partial charge in [-0.15, -0.1) is 0 Å². The molecule has 3 heterocycles. The van der Waals surface area contributed by atoms with E-state index in [1.807, 2.05) is 25.1 Å². The Hall–Kier alpha value is -2.37. The topological polar surface area (TPSA) is 97.4 Å². The maximum absolute atomic E-state index is 13.6. The molecule has 11 heteroatoms. The van der Waals surface area contributed by atoms with Crippen molar-refractivity contribution in [1.82, 2.24) is 9.62 Å². The van der Waals surface area contributed by atoms with Gasteiger partial charge in [0.05, 0.1) is 36.8 Å². The number of nitrogens with one attached hydrogen (secondary N) is 1. The number of nitrogens with zero attached hydrogens (tertiary/aromatic N) is 2. The standard InChI is InChI=1S/C40H56ClN3O6S/c1-5-43(6-2)32-22-48-39(49-23-32)34-11-7-9-26(3)27(4)51(46,47)42-38(45)29-13-17-37-36(20-29)44(21-30-12-15-33(30)34)24-40(25-50-37)18-8-10-28-19-31(41)14-16-35(28)40/h13-14,16-17,19-20,26-27,30,32-34,39H,5-12,15,18,21-25H2,1-4H3,(H,42,45)/t26-,27+,30-,32?,33+,34-,39?,40-/m0/s1. The summed E-state index contributed by atoms with van der Waals surface area (Å²) in [5.41, 5.74) is 3.49. The zero-order chi connectivity index (χ0) is 35.9. The first-order valence-electron chi connectivity index (χ1n) is 19.4. The number of carbonyl (C=O) groups excluding carboxylic acids is 1. The van der Waals surface area contributed by atoms with Crippen molar-refractivity contribution in [2.45, 2.75) is 102 Å². The second-order valence-corrected chi connectivity index (χ2v) is 18.4. The van der Waals surface area contributed by atoms with E-state index in [-0.39, 0.29) is 29.6 Å². The van der Waals surface area contributed by atoms with Gasteiger partial charge in [0.15, 0.2) is 6.29 Å². The molecule has 3 aliphatic heterocycles. The molecule has 1 amide bonds. The van der Waals surface area contributed by atoms with Crippen molar-refractivity contribution >= 4 is 33.2 Å². The molecule has 7 rings (SSSR count). The van der Waals surface area contributed by atoms with Crippen LogP contribution in [0, 0.1) is 23.7 Å². The van der Waals surface area contributed by atoms with Crippen LogP contribution in [0.5, 0.6) is 5.75 Å². The Morgan fingerprint density at radius 2 is 1.76 bits per heavy atom.